The first-order valence-electron chi connectivity index (χ1n) is 6.99. The maximum Gasteiger partial charge on any atom is 0.0107 e. The maximum absolute atomic E-state index is 3.70. The summed E-state index contributed by atoms with van der Waals surface area (Å²) in [4.78, 5) is 0. The van der Waals surface area contributed by atoms with Crippen LogP contribution < -0.4 is 5.32 Å². The minimum Gasteiger partial charge on any atom is -0.311 e. The van der Waals surface area contributed by atoms with Gasteiger partial charge in [0.25, 0.3) is 0 Å². The third kappa shape index (κ3) is 2.41. The van der Waals surface area contributed by atoms with Crippen molar-refractivity contribution in [2.45, 2.75) is 44.7 Å². The molecule has 3 rings (SSSR count). The highest BCUT2D eigenvalue weighted by Crippen LogP contribution is 2.27. The van der Waals surface area contributed by atoms with Gasteiger partial charge in [0.2, 0.25) is 0 Å². The molecule has 0 aromatic heterocycles. The Balaban J connectivity index is 1.83. The van der Waals surface area contributed by atoms with Gasteiger partial charge in [0.05, 0.1) is 0 Å². The summed E-state index contributed by atoms with van der Waals surface area (Å²) in [6, 6.07) is 16.8. The van der Waals surface area contributed by atoms with Gasteiger partial charge in [-0.1, -0.05) is 49.4 Å². The van der Waals surface area contributed by atoms with Crippen LogP contribution in [0.1, 0.15) is 38.2 Å². The highest BCUT2D eigenvalue weighted by Gasteiger charge is 2.25. The van der Waals surface area contributed by atoms with Gasteiger partial charge in [-0.2, -0.15) is 0 Å². The van der Waals surface area contributed by atoms with E-state index in [1.807, 2.05) is 0 Å². The molecule has 2 atom stereocenters. The fraction of sp³-hybridized carbons (Fsp3) is 0.412. The topological polar surface area (TPSA) is 12.0 Å². The van der Waals surface area contributed by atoms with Crippen molar-refractivity contribution in [3.05, 3.63) is 48.0 Å². The summed E-state index contributed by atoms with van der Waals surface area (Å²) >= 11 is 0. The molecular weight excluding hydrogens is 218 g/mol. The summed E-state index contributed by atoms with van der Waals surface area (Å²) in [5, 5.41) is 6.38. The first-order valence-corrected chi connectivity index (χ1v) is 6.99. The second-order valence-corrected chi connectivity index (χ2v) is 5.62. The maximum atomic E-state index is 3.70. The molecule has 1 aliphatic carbocycles. The van der Waals surface area contributed by atoms with Gasteiger partial charge in [0, 0.05) is 12.1 Å². The molecule has 1 saturated carbocycles. The summed E-state index contributed by atoms with van der Waals surface area (Å²) < 4.78 is 0. The van der Waals surface area contributed by atoms with Crippen molar-refractivity contribution in [3.63, 3.8) is 0 Å². The average molecular weight is 239 g/mol. The SMILES string of the molecule is CC(NC1CC1)C(C)c1ccc2ccccc2c1. The standard InChI is InChI=1S/C17H21N/c1-12(13(2)18-17-9-10-17)15-8-7-14-5-3-4-6-16(14)11-15/h3-8,11-13,17-18H,9-10H2,1-2H3. The molecule has 1 fully saturated rings. The zero-order valence-corrected chi connectivity index (χ0v) is 11.2. The second-order valence-electron chi connectivity index (χ2n) is 5.62. The highest BCUT2D eigenvalue weighted by molar-refractivity contribution is 5.83. The largest absolute Gasteiger partial charge is 0.311 e. The van der Waals surface area contributed by atoms with E-state index in [9.17, 15) is 0 Å². The van der Waals surface area contributed by atoms with Gasteiger partial charge in [-0.3, -0.25) is 0 Å². The van der Waals surface area contributed by atoms with Crippen molar-refractivity contribution in [3.8, 4) is 0 Å². The molecule has 94 valence electrons. The van der Waals surface area contributed by atoms with Crippen LogP contribution in [-0.2, 0) is 0 Å². The first-order chi connectivity index (χ1) is 8.74. The van der Waals surface area contributed by atoms with Gasteiger partial charge in [-0.05, 0) is 42.0 Å². The Hall–Kier alpha value is -1.34. The molecule has 0 spiro atoms. The number of hydrogen-bond acceptors (Lipinski definition) is 1. The Morgan fingerprint density at radius 2 is 1.72 bits per heavy atom. The Bertz CT molecular complexity index is 542. The first kappa shape index (κ1) is 11.7. The summed E-state index contributed by atoms with van der Waals surface area (Å²) in [6.07, 6.45) is 2.71. The number of benzene rings is 2. The van der Waals surface area contributed by atoms with Crippen LogP contribution in [-0.4, -0.2) is 12.1 Å². The van der Waals surface area contributed by atoms with E-state index in [1.54, 1.807) is 0 Å². The lowest BCUT2D eigenvalue weighted by Crippen LogP contribution is -2.32. The van der Waals surface area contributed by atoms with Crippen molar-refractivity contribution in [2.75, 3.05) is 0 Å². The molecule has 0 saturated heterocycles. The van der Waals surface area contributed by atoms with Crippen molar-refractivity contribution in [1.29, 1.82) is 0 Å². The Kier molecular flexibility index (Phi) is 3.09. The van der Waals surface area contributed by atoms with E-state index >= 15 is 0 Å². The molecule has 0 radical (unpaired) electrons. The van der Waals surface area contributed by atoms with Crippen LogP contribution in [0.25, 0.3) is 10.8 Å². The van der Waals surface area contributed by atoms with Crippen LogP contribution in [0.5, 0.6) is 0 Å². The van der Waals surface area contributed by atoms with Crippen LogP contribution in [0.4, 0.5) is 0 Å². The number of nitrogens with one attached hydrogen (secondary N) is 1. The molecule has 1 heteroatoms. The molecule has 2 unspecified atom stereocenters. The predicted octanol–water partition coefficient (Wildman–Crippen LogP) is 4.08. The molecule has 1 nitrogen and oxygen atoms in total. The predicted molar refractivity (Wildman–Crippen MR) is 78.0 cm³/mol. The molecule has 0 heterocycles. The zero-order valence-electron chi connectivity index (χ0n) is 11.2. The minimum atomic E-state index is 0.554. The smallest absolute Gasteiger partial charge is 0.0107 e. The number of fused-ring (bicyclic) bond motifs is 1. The third-order valence-corrected chi connectivity index (χ3v) is 4.13. The number of rotatable bonds is 4. The fourth-order valence-corrected chi connectivity index (χ4v) is 2.55. The van der Waals surface area contributed by atoms with Crippen LogP contribution in [0, 0.1) is 0 Å². The molecule has 1 aliphatic rings. The lowest BCUT2D eigenvalue weighted by Gasteiger charge is -2.22. The van der Waals surface area contributed by atoms with Crippen molar-refractivity contribution < 1.29 is 0 Å². The highest BCUT2D eigenvalue weighted by atomic mass is 15.0. The Labute approximate surface area is 109 Å². The molecule has 2 aromatic rings. The zero-order chi connectivity index (χ0) is 12.5. The van der Waals surface area contributed by atoms with Gasteiger partial charge >= 0.3 is 0 Å². The Morgan fingerprint density at radius 1 is 1.00 bits per heavy atom. The summed E-state index contributed by atoms with van der Waals surface area (Å²) in [5.74, 6) is 0.565. The molecule has 0 bridgehead atoms. The average Bonchev–Trinajstić information content (AvgIpc) is 3.21. The monoisotopic (exact) mass is 239 g/mol. The van der Waals surface area contributed by atoms with Crippen LogP contribution in [0.15, 0.2) is 42.5 Å². The van der Waals surface area contributed by atoms with Gasteiger partial charge in [0.1, 0.15) is 0 Å². The lowest BCUT2D eigenvalue weighted by molar-refractivity contribution is 0.479. The van der Waals surface area contributed by atoms with E-state index in [1.165, 1.54) is 29.2 Å². The molecular formula is C17H21N. The van der Waals surface area contributed by atoms with Gasteiger partial charge in [-0.15, -0.1) is 0 Å². The van der Waals surface area contributed by atoms with E-state index in [0.717, 1.165) is 6.04 Å². The van der Waals surface area contributed by atoms with E-state index in [-0.39, 0.29) is 0 Å². The summed E-state index contributed by atoms with van der Waals surface area (Å²) in [7, 11) is 0. The van der Waals surface area contributed by atoms with E-state index in [0.29, 0.717) is 12.0 Å². The lowest BCUT2D eigenvalue weighted by atomic mass is 9.92. The van der Waals surface area contributed by atoms with Gasteiger partial charge < -0.3 is 5.32 Å². The molecule has 0 aliphatic heterocycles. The van der Waals surface area contributed by atoms with E-state index in [2.05, 4.69) is 61.6 Å². The molecule has 1 N–H and O–H groups in total. The van der Waals surface area contributed by atoms with Crippen molar-refractivity contribution >= 4 is 10.8 Å². The minimum absolute atomic E-state index is 0.554. The van der Waals surface area contributed by atoms with Crippen molar-refractivity contribution in [2.24, 2.45) is 0 Å². The summed E-state index contributed by atoms with van der Waals surface area (Å²) in [6.45, 7) is 4.63. The van der Waals surface area contributed by atoms with Crippen LogP contribution in [0.3, 0.4) is 0 Å². The molecule has 2 aromatic carbocycles. The van der Waals surface area contributed by atoms with Gasteiger partial charge in [-0.25, -0.2) is 0 Å². The summed E-state index contributed by atoms with van der Waals surface area (Å²) in [5.41, 5.74) is 1.44. The van der Waals surface area contributed by atoms with Crippen LogP contribution >= 0.6 is 0 Å². The Morgan fingerprint density at radius 3 is 2.44 bits per heavy atom. The van der Waals surface area contributed by atoms with Gasteiger partial charge in [0.15, 0.2) is 0 Å². The normalized spacial score (nSPS) is 18.8. The fourth-order valence-electron chi connectivity index (χ4n) is 2.55. The van der Waals surface area contributed by atoms with E-state index < -0.39 is 0 Å². The quantitative estimate of drug-likeness (QED) is 0.847. The number of hydrogen-bond donors (Lipinski definition) is 1. The third-order valence-electron chi connectivity index (χ3n) is 4.13. The van der Waals surface area contributed by atoms with Crippen LogP contribution in [0.2, 0.25) is 0 Å². The molecule has 18 heavy (non-hydrogen) atoms. The van der Waals surface area contributed by atoms with Crippen molar-refractivity contribution in [1.82, 2.24) is 5.32 Å². The molecule has 0 amide bonds. The second kappa shape index (κ2) is 4.74. The van der Waals surface area contributed by atoms with E-state index in [4.69, 9.17) is 0 Å².